The van der Waals surface area contributed by atoms with Crippen LogP contribution in [0.3, 0.4) is 0 Å². The van der Waals surface area contributed by atoms with Crippen LogP contribution >= 0.6 is 0 Å². The molecule has 0 spiro atoms. The molecule has 0 aliphatic heterocycles. The first-order valence-electron chi connectivity index (χ1n) is 4.75. The van der Waals surface area contributed by atoms with Crippen molar-refractivity contribution in [3.05, 3.63) is 22.9 Å². The molecule has 0 aromatic carbocycles. The van der Waals surface area contributed by atoms with Crippen LogP contribution in [0.15, 0.2) is 6.07 Å². The molecule has 0 saturated heterocycles. The summed E-state index contributed by atoms with van der Waals surface area (Å²) in [5.41, 5.74) is 2.74. The van der Waals surface area contributed by atoms with Crippen LogP contribution in [0.1, 0.15) is 36.6 Å². The number of alkyl halides is 1. The highest BCUT2D eigenvalue weighted by Gasteiger charge is 2.17. The molecule has 1 aromatic rings. The van der Waals surface area contributed by atoms with E-state index in [4.69, 9.17) is 4.74 Å². The van der Waals surface area contributed by atoms with E-state index in [1.165, 1.54) is 0 Å². The molecule has 0 bridgehead atoms. The Bertz CT molecular complexity index is 323. The number of nitrogens with one attached hydrogen (secondary N) is 1. The number of aromatic amines is 1. The second-order valence-corrected chi connectivity index (χ2v) is 3.69. The van der Waals surface area contributed by atoms with Gasteiger partial charge in [0.2, 0.25) is 0 Å². The van der Waals surface area contributed by atoms with E-state index < -0.39 is 6.67 Å². The molecule has 1 N–H and O–H groups in total. The predicted molar refractivity (Wildman–Crippen MR) is 53.2 cm³/mol. The highest BCUT2D eigenvalue weighted by molar-refractivity contribution is 5.32. The number of halogens is 1. The maximum Gasteiger partial charge on any atom is 0.366 e. The van der Waals surface area contributed by atoms with Gasteiger partial charge in [-0.25, -0.2) is 4.39 Å². The van der Waals surface area contributed by atoms with Crippen molar-refractivity contribution in [1.82, 2.24) is 0 Å². The van der Waals surface area contributed by atoms with E-state index in [0.29, 0.717) is 17.4 Å². The SMILES string of the molecule is COc1cc(CF)c(C(C)C)c(C)[nH+]1. The molecular formula is C11H17FNO+. The third kappa shape index (κ3) is 2.03. The Balaban J connectivity index is 3.27. The van der Waals surface area contributed by atoms with Crippen LogP contribution in [0.5, 0.6) is 5.88 Å². The minimum Gasteiger partial charge on any atom is -0.448 e. The molecule has 0 aliphatic rings. The first-order valence-corrected chi connectivity index (χ1v) is 4.75. The minimum atomic E-state index is -0.445. The van der Waals surface area contributed by atoms with Gasteiger partial charge in [-0.15, -0.1) is 0 Å². The van der Waals surface area contributed by atoms with Crippen LogP contribution in [0, 0.1) is 6.92 Å². The lowest BCUT2D eigenvalue weighted by Crippen LogP contribution is -2.16. The van der Waals surface area contributed by atoms with Crippen LogP contribution in [0.25, 0.3) is 0 Å². The van der Waals surface area contributed by atoms with Crippen LogP contribution in [-0.2, 0) is 6.67 Å². The Labute approximate surface area is 84.1 Å². The van der Waals surface area contributed by atoms with Gasteiger partial charge in [0.15, 0.2) is 5.69 Å². The highest BCUT2D eigenvalue weighted by Crippen LogP contribution is 2.23. The predicted octanol–water partition coefficient (Wildman–Crippen LogP) is 2.41. The van der Waals surface area contributed by atoms with Crippen LogP contribution < -0.4 is 9.72 Å². The van der Waals surface area contributed by atoms with Crippen molar-refractivity contribution in [3.8, 4) is 5.88 Å². The molecule has 0 atom stereocenters. The molecule has 1 aromatic heterocycles. The van der Waals surface area contributed by atoms with Crippen molar-refractivity contribution in [3.63, 3.8) is 0 Å². The summed E-state index contributed by atoms with van der Waals surface area (Å²) in [7, 11) is 1.57. The molecule has 1 rings (SSSR count). The third-order valence-corrected chi connectivity index (χ3v) is 2.31. The summed E-state index contributed by atoms with van der Waals surface area (Å²) in [6.07, 6.45) is 0. The second-order valence-electron chi connectivity index (χ2n) is 3.69. The van der Waals surface area contributed by atoms with Crippen molar-refractivity contribution in [2.24, 2.45) is 0 Å². The number of H-pyrrole nitrogens is 1. The van der Waals surface area contributed by atoms with Crippen LogP contribution in [-0.4, -0.2) is 7.11 Å². The Hall–Kier alpha value is -1.12. The first kappa shape index (κ1) is 11.0. The number of methoxy groups -OCH3 is 1. The maximum atomic E-state index is 12.8. The van der Waals surface area contributed by atoms with E-state index in [0.717, 1.165) is 11.3 Å². The number of pyridine rings is 1. The molecule has 1 heterocycles. The molecule has 0 fully saturated rings. The van der Waals surface area contributed by atoms with Gasteiger partial charge in [0, 0.05) is 18.1 Å². The van der Waals surface area contributed by atoms with E-state index in [2.05, 4.69) is 18.8 Å². The minimum absolute atomic E-state index is 0.322. The number of ether oxygens (including phenoxy) is 1. The van der Waals surface area contributed by atoms with Gasteiger partial charge < -0.3 is 4.74 Å². The van der Waals surface area contributed by atoms with Gasteiger partial charge in [-0.3, -0.25) is 0 Å². The Morgan fingerprint density at radius 2 is 2.14 bits per heavy atom. The lowest BCUT2D eigenvalue weighted by Gasteiger charge is -2.10. The van der Waals surface area contributed by atoms with Crippen molar-refractivity contribution < 1.29 is 14.1 Å². The Morgan fingerprint density at radius 3 is 2.57 bits per heavy atom. The summed E-state index contributed by atoms with van der Waals surface area (Å²) in [5.74, 6) is 0.933. The van der Waals surface area contributed by atoms with Gasteiger partial charge in [0.25, 0.3) is 0 Å². The molecule has 3 heteroatoms. The highest BCUT2D eigenvalue weighted by atomic mass is 19.1. The normalized spacial score (nSPS) is 10.7. The largest absolute Gasteiger partial charge is 0.448 e. The number of rotatable bonds is 3. The Morgan fingerprint density at radius 1 is 1.50 bits per heavy atom. The van der Waals surface area contributed by atoms with Gasteiger partial charge in [0.05, 0.1) is 13.2 Å². The van der Waals surface area contributed by atoms with Crippen molar-refractivity contribution in [1.29, 1.82) is 0 Å². The lowest BCUT2D eigenvalue weighted by molar-refractivity contribution is -0.402. The lowest BCUT2D eigenvalue weighted by atomic mass is 9.97. The van der Waals surface area contributed by atoms with Crippen molar-refractivity contribution in [2.45, 2.75) is 33.4 Å². The zero-order chi connectivity index (χ0) is 10.7. The summed E-state index contributed by atoms with van der Waals surface area (Å²) in [5, 5.41) is 0. The summed E-state index contributed by atoms with van der Waals surface area (Å²) in [6, 6.07) is 1.72. The van der Waals surface area contributed by atoms with E-state index in [1.54, 1.807) is 13.2 Å². The van der Waals surface area contributed by atoms with Crippen LogP contribution in [0.4, 0.5) is 4.39 Å². The van der Waals surface area contributed by atoms with Crippen molar-refractivity contribution in [2.75, 3.05) is 7.11 Å². The fourth-order valence-electron chi connectivity index (χ4n) is 1.79. The molecule has 0 amide bonds. The molecular weight excluding hydrogens is 181 g/mol. The standard InChI is InChI=1S/C11H16FNO/c1-7(2)11-8(3)13-10(14-4)5-9(11)6-12/h5,7H,6H2,1-4H3/p+1. The summed E-state index contributed by atoms with van der Waals surface area (Å²) in [6.45, 7) is 5.61. The third-order valence-electron chi connectivity index (χ3n) is 2.31. The number of aromatic nitrogens is 1. The first-order chi connectivity index (χ1) is 6.60. The fraction of sp³-hybridized carbons (Fsp3) is 0.545. The average Bonchev–Trinajstić information content (AvgIpc) is 2.15. The topological polar surface area (TPSA) is 23.4 Å². The monoisotopic (exact) mass is 198 g/mol. The van der Waals surface area contributed by atoms with Gasteiger partial charge in [-0.2, -0.15) is 4.98 Å². The number of hydrogen-bond acceptors (Lipinski definition) is 1. The molecule has 0 saturated carbocycles. The molecule has 78 valence electrons. The number of aryl methyl sites for hydroxylation is 1. The van der Waals surface area contributed by atoms with Crippen LogP contribution in [0.2, 0.25) is 0 Å². The summed E-state index contributed by atoms with van der Waals surface area (Å²) in [4.78, 5) is 3.09. The summed E-state index contributed by atoms with van der Waals surface area (Å²) >= 11 is 0. The van der Waals surface area contributed by atoms with Crippen molar-refractivity contribution >= 4 is 0 Å². The molecule has 0 unspecified atom stereocenters. The second kappa shape index (κ2) is 4.40. The zero-order valence-electron chi connectivity index (χ0n) is 9.15. The van der Waals surface area contributed by atoms with E-state index in [-0.39, 0.29) is 0 Å². The number of hydrogen-bond donors (Lipinski definition) is 0. The molecule has 0 aliphatic carbocycles. The van der Waals surface area contributed by atoms with Gasteiger partial charge in [-0.1, -0.05) is 13.8 Å². The quantitative estimate of drug-likeness (QED) is 0.731. The summed E-state index contributed by atoms with van der Waals surface area (Å²) < 4.78 is 17.8. The van der Waals surface area contributed by atoms with E-state index in [1.807, 2.05) is 6.92 Å². The fourth-order valence-corrected chi connectivity index (χ4v) is 1.79. The zero-order valence-corrected chi connectivity index (χ0v) is 9.15. The van der Waals surface area contributed by atoms with Gasteiger partial charge in [0.1, 0.15) is 6.67 Å². The smallest absolute Gasteiger partial charge is 0.366 e. The van der Waals surface area contributed by atoms with Gasteiger partial charge in [-0.05, 0) is 5.92 Å². The maximum absolute atomic E-state index is 12.8. The molecule has 2 nitrogen and oxygen atoms in total. The van der Waals surface area contributed by atoms with E-state index in [9.17, 15) is 4.39 Å². The Kier molecular flexibility index (Phi) is 3.44. The van der Waals surface area contributed by atoms with E-state index >= 15 is 0 Å². The van der Waals surface area contributed by atoms with Gasteiger partial charge >= 0.3 is 5.88 Å². The molecule has 14 heavy (non-hydrogen) atoms. The average molecular weight is 198 g/mol. The molecule has 0 radical (unpaired) electrons.